The molecule has 0 heteroatoms. The predicted molar refractivity (Wildman–Crippen MR) is 113 cm³/mol. The topological polar surface area (TPSA) is 0 Å². The van der Waals surface area contributed by atoms with Gasteiger partial charge < -0.3 is 0 Å². The number of hydrogen-bond donors (Lipinski definition) is 0. The van der Waals surface area contributed by atoms with Crippen molar-refractivity contribution in [2.45, 2.75) is 137 Å². The van der Waals surface area contributed by atoms with Gasteiger partial charge in [0.25, 0.3) is 0 Å². The molecule has 24 heavy (non-hydrogen) atoms. The zero-order valence-electron chi connectivity index (χ0n) is 17.9. The van der Waals surface area contributed by atoms with Crippen LogP contribution in [0.15, 0.2) is 11.6 Å². The minimum Gasteiger partial charge on any atom is -0.0794 e. The van der Waals surface area contributed by atoms with E-state index in [1.807, 2.05) is 0 Å². The smallest absolute Gasteiger partial charge is 0.0144 e. The Morgan fingerprint density at radius 3 is 1.67 bits per heavy atom. The molecule has 0 radical (unpaired) electrons. The van der Waals surface area contributed by atoms with Crippen LogP contribution in [0.2, 0.25) is 0 Å². The molecule has 0 aromatic heterocycles. The molecule has 0 N–H and O–H groups in total. The summed E-state index contributed by atoms with van der Waals surface area (Å²) in [7, 11) is 0. The minimum atomic E-state index is 0.456. The fourth-order valence-corrected chi connectivity index (χ4v) is 3.75. The van der Waals surface area contributed by atoms with Crippen molar-refractivity contribution >= 4 is 0 Å². The average Bonchev–Trinajstić information content (AvgIpc) is 2.58. The summed E-state index contributed by atoms with van der Waals surface area (Å²) in [5.74, 6) is 0. The molecule has 0 spiro atoms. The molecule has 0 aliphatic rings. The Morgan fingerprint density at radius 2 is 1.08 bits per heavy atom. The summed E-state index contributed by atoms with van der Waals surface area (Å²) in [6.07, 6.45) is 24.8. The molecule has 0 saturated heterocycles. The normalized spacial score (nSPS) is 14.8. The highest BCUT2D eigenvalue weighted by molar-refractivity contribution is 5.09. The number of allylic oxidation sites excluding steroid dienone is 2. The molecule has 0 heterocycles. The van der Waals surface area contributed by atoms with Gasteiger partial charge in [-0.15, -0.1) is 0 Å². The molecular formula is C24H48. The lowest BCUT2D eigenvalue weighted by molar-refractivity contribution is 0.329. The third-order valence-corrected chi connectivity index (χ3v) is 5.46. The van der Waals surface area contributed by atoms with Crippen molar-refractivity contribution in [1.82, 2.24) is 0 Å². The number of unbranched alkanes of at least 4 members (excludes halogenated alkanes) is 8. The lowest BCUT2D eigenvalue weighted by atomic mass is 9.77. The van der Waals surface area contributed by atoms with Crippen LogP contribution in [0.1, 0.15) is 137 Å². The third kappa shape index (κ3) is 13.1. The molecule has 0 nitrogen and oxygen atoms in total. The Labute approximate surface area is 154 Å². The summed E-state index contributed by atoms with van der Waals surface area (Å²) < 4.78 is 0. The monoisotopic (exact) mass is 336 g/mol. The van der Waals surface area contributed by atoms with Crippen LogP contribution in [-0.2, 0) is 0 Å². The highest BCUT2D eigenvalue weighted by Gasteiger charge is 2.21. The molecule has 0 aliphatic carbocycles. The van der Waals surface area contributed by atoms with Gasteiger partial charge >= 0.3 is 0 Å². The van der Waals surface area contributed by atoms with Crippen LogP contribution in [0, 0.1) is 5.41 Å². The van der Waals surface area contributed by atoms with Gasteiger partial charge in [0.2, 0.25) is 0 Å². The maximum Gasteiger partial charge on any atom is -0.0144 e. The van der Waals surface area contributed by atoms with Gasteiger partial charge in [0, 0.05) is 0 Å². The van der Waals surface area contributed by atoms with Crippen molar-refractivity contribution in [1.29, 1.82) is 0 Å². The molecule has 0 rings (SSSR count). The highest BCUT2D eigenvalue weighted by Crippen LogP contribution is 2.35. The SMILES string of the molecule is CCCCCCC(=CC(C)(CCCC)CCCCCC)CCCC. The van der Waals surface area contributed by atoms with Gasteiger partial charge in [-0.1, -0.05) is 110 Å². The van der Waals surface area contributed by atoms with Gasteiger partial charge in [0.1, 0.15) is 0 Å². The van der Waals surface area contributed by atoms with Crippen molar-refractivity contribution in [2.75, 3.05) is 0 Å². The molecule has 0 amide bonds. The van der Waals surface area contributed by atoms with Crippen molar-refractivity contribution in [3.8, 4) is 0 Å². The Balaban J connectivity index is 4.78. The average molecular weight is 337 g/mol. The van der Waals surface area contributed by atoms with E-state index >= 15 is 0 Å². The van der Waals surface area contributed by atoms with Gasteiger partial charge in [0.15, 0.2) is 0 Å². The molecule has 0 aromatic carbocycles. The summed E-state index contributed by atoms with van der Waals surface area (Å²) in [6.45, 7) is 11.8. The summed E-state index contributed by atoms with van der Waals surface area (Å²) >= 11 is 0. The zero-order chi connectivity index (χ0) is 18.1. The van der Waals surface area contributed by atoms with Crippen LogP contribution < -0.4 is 0 Å². The maximum atomic E-state index is 2.75. The van der Waals surface area contributed by atoms with Crippen LogP contribution in [-0.4, -0.2) is 0 Å². The first-order chi connectivity index (χ1) is 11.6. The van der Waals surface area contributed by atoms with Gasteiger partial charge in [0.05, 0.1) is 0 Å². The summed E-state index contributed by atoms with van der Waals surface area (Å²) in [4.78, 5) is 0. The Kier molecular flexibility index (Phi) is 16.0. The molecule has 0 aliphatic heterocycles. The first-order valence-corrected chi connectivity index (χ1v) is 11.3. The van der Waals surface area contributed by atoms with Crippen molar-refractivity contribution in [3.63, 3.8) is 0 Å². The van der Waals surface area contributed by atoms with E-state index in [0.717, 1.165) is 0 Å². The van der Waals surface area contributed by atoms with Crippen LogP contribution in [0.4, 0.5) is 0 Å². The molecular weight excluding hydrogens is 288 g/mol. The van der Waals surface area contributed by atoms with Crippen molar-refractivity contribution in [2.24, 2.45) is 5.41 Å². The van der Waals surface area contributed by atoms with Crippen molar-refractivity contribution in [3.05, 3.63) is 11.6 Å². The highest BCUT2D eigenvalue weighted by atomic mass is 14.3. The van der Waals surface area contributed by atoms with Crippen LogP contribution >= 0.6 is 0 Å². The van der Waals surface area contributed by atoms with Crippen LogP contribution in [0.3, 0.4) is 0 Å². The second-order valence-electron chi connectivity index (χ2n) is 8.29. The first kappa shape index (κ1) is 23.7. The fourth-order valence-electron chi connectivity index (χ4n) is 3.75. The molecule has 0 saturated carbocycles. The predicted octanol–water partition coefficient (Wildman–Crippen LogP) is 9.24. The molecule has 0 bridgehead atoms. The lowest BCUT2D eigenvalue weighted by Crippen LogP contribution is -2.14. The molecule has 1 atom stereocenters. The Morgan fingerprint density at radius 1 is 0.583 bits per heavy atom. The van der Waals surface area contributed by atoms with Gasteiger partial charge in [-0.05, 0) is 43.9 Å². The standard InChI is InChI=1S/C24H48/c1-6-10-14-16-19-23(18-12-8-3)22-24(5,20-13-9-4)21-17-15-11-7-2/h22H,6-21H2,1-5H3. The summed E-state index contributed by atoms with van der Waals surface area (Å²) in [5, 5.41) is 0. The van der Waals surface area contributed by atoms with E-state index in [0.29, 0.717) is 5.41 Å². The van der Waals surface area contributed by atoms with Crippen LogP contribution in [0.25, 0.3) is 0 Å². The molecule has 1 unspecified atom stereocenters. The van der Waals surface area contributed by atoms with Crippen LogP contribution in [0.5, 0.6) is 0 Å². The van der Waals surface area contributed by atoms with E-state index < -0.39 is 0 Å². The van der Waals surface area contributed by atoms with Gasteiger partial charge in [-0.25, -0.2) is 0 Å². The molecule has 0 fully saturated rings. The number of rotatable bonds is 17. The Hall–Kier alpha value is -0.260. The second kappa shape index (κ2) is 16.2. The van der Waals surface area contributed by atoms with Crippen molar-refractivity contribution < 1.29 is 0 Å². The number of hydrogen-bond acceptors (Lipinski definition) is 0. The third-order valence-electron chi connectivity index (χ3n) is 5.46. The fraction of sp³-hybridized carbons (Fsp3) is 0.917. The summed E-state index contributed by atoms with van der Waals surface area (Å²) in [6, 6.07) is 0. The van der Waals surface area contributed by atoms with E-state index in [-0.39, 0.29) is 0 Å². The summed E-state index contributed by atoms with van der Waals surface area (Å²) in [5.41, 5.74) is 2.24. The molecule has 144 valence electrons. The Bertz CT molecular complexity index is 288. The molecule has 0 aromatic rings. The second-order valence-corrected chi connectivity index (χ2v) is 8.29. The minimum absolute atomic E-state index is 0.456. The maximum absolute atomic E-state index is 2.75. The largest absolute Gasteiger partial charge is 0.0794 e. The van der Waals surface area contributed by atoms with Gasteiger partial charge in [-0.3, -0.25) is 0 Å². The lowest BCUT2D eigenvalue weighted by Gasteiger charge is -2.28. The zero-order valence-corrected chi connectivity index (χ0v) is 17.9. The van der Waals surface area contributed by atoms with E-state index in [1.165, 1.54) is 103 Å². The van der Waals surface area contributed by atoms with E-state index in [9.17, 15) is 0 Å². The van der Waals surface area contributed by atoms with E-state index in [2.05, 4.69) is 40.7 Å². The van der Waals surface area contributed by atoms with Gasteiger partial charge in [-0.2, -0.15) is 0 Å². The van der Waals surface area contributed by atoms with E-state index in [4.69, 9.17) is 0 Å². The first-order valence-electron chi connectivity index (χ1n) is 11.3. The van der Waals surface area contributed by atoms with E-state index in [1.54, 1.807) is 5.57 Å². The quantitative estimate of drug-likeness (QED) is 0.183.